The van der Waals surface area contributed by atoms with Gasteiger partial charge in [-0.25, -0.2) is 0 Å². The molecule has 1 aromatic rings. The summed E-state index contributed by atoms with van der Waals surface area (Å²) in [7, 11) is 0. The van der Waals surface area contributed by atoms with Gasteiger partial charge >= 0.3 is 0 Å². The first-order valence-corrected chi connectivity index (χ1v) is 8.70. The zero-order valence-corrected chi connectivity index (χ0v) is 14.3. The van der Waals surface area contributed by atoms with E-state index in [2.05, 4.69) is 64.3 Å². The second-order valence-corrected chi connectivity index (χ2v) is 6.80. The van der Waals surface area contributed by atoms with Crippen molar-refractivity contribution in [2.45, 2.75) is 39.2 Å². The zero-order chi connectivity index (χ0) is 14.4. The molecule has 1 aliphatic heterocycles. The highest BCUT2D eigenvalue weighted by molar-refractivity contribution is 9.10. The van der Waals surface area contributed by atoms with Gasteiger partial charge in [0.05, 0.1) is 0 Å². The predicted octanol–water partition coefficient (Wildman–Crippen LogP) is 4.22. The first-order valence-electron chi connectivity index (χ1n) is 7.91. The van der Waals surface area contributed by atoms with E-state index >= 15 is 0 Å². The van der Waals surface area contributed by atoms with Gasteiger partial charge in [-0.2, -0.15) is 0 Å². The molecule has 0 bridgehead atoms. The third kappa shape index (κ3) is 4.57. The molecule has 1 N–H and O–H groups in total. The van der Waals surface area contributed by atoms with Gasteiger partial charge in [-0.1, -0.05) is 48.0 Å². The number of likely N-dealkylation sites (tertiary alicyclic amines) is 1. The van der Waals surface area contributed by atoms with Crippen LogP contribution in [-0.4, -0.2) is 31.1 Å². The molecule has 1 aliphatic rings. The van der Waals surface area contributed by atoms with Crippen LogP contribution in [0, 0.1) is 5.92 Å². The van der Waals surface area contributed by atoms with Crippen LogP contribution in [0.2, 0.25) is 0 Å². The van der Waals surface area contributed by atoms with Crippen LogP contribution in [0.1, 0.15) is 44.7 Å². The number of rotatable bonds is 6. The molecule has 0 aliphatic carbocycles. The quantitative estimate of drug-likeness (QED) is 0.835. The van der Waals surface area contributed by atoms with E-state index in [0.717, 1.165) is 12.5 Å². The molecule has 0 radical (unpaired) electrons. The minimum Gasteiger partial charge on any atom is -0.310 e. The maximum atomic E-state index is 3.69. The van der Waals surface area contributed by atoms with Crippen LogP contribution >= 0.6 is 15.9 Å². The van der Waals surface area contributed by atoms with E-state index in [9.17, 15) is 0 Å². The van der Waals surface area contributed by atoms with Gasteiger partial charge in [0.25, 0.3) is 0 Å². The Morgan fingerprint density at radius 2 is 2.00 bits per heavy atom. The SMILES string of the molecule is CCNC(CCN1CCC(C)CC1)c1ccccc1Br. The summed E-state index contributed by atoms with van der Waals surface area (Å²) in [6.45, 7) is 9.33. The van der Waals surface area contributed by atoms with Crippen molar-refractivity contribution in [1.29, 1.82) is 0 Å². The Hall–Kier alpha value is -0.380. The summed E-state index contributed by atoms with van der Waals surface area (Å²) in [4.78, 5) is 2.63. The lowest BCUT2D eigenvalue weighted by molar-refractivity contribution is 0.184. The molecule has 1 heterocycles. The zero-order valence-electron chi connectivity index (χ0n) is 12.7. The molecule has 0 spiro atoms. The summed E-state index contributed by atoms with van der Waals surface area (Å²) < 4.78 is 1.22. The van der Waals surface area contributed by atoms with Gasteiger partial charge in [-0.3, -0.25) is 0 Å². The van der Waals surface area contributed by atoms with Crippen LogP contribution in [0.5, 0.6) is 0 Å². The van der Waals surface area contributed by atoms with Gasteiger partial charge in [0, 0.05) is 10.5 Å². The fraction of sp³-hybridized carbons (Fsp3) is 0.647. The van der Waals surface area contributed by atoms with Crippen molar-refractivity contribution >= 4 is 15.9 Å². The molecule has 2 nitrogen and oxygen atoms in total. The molecule has 112 valence electrons. The Labute approximate surface area is 132 Å². The third-order valence-electron chi connectivity index (χ3n) is 4.34. The maximum absolute atomic E-state index is 3.69. The molecule has 1 saturated heterocycles. The van der Waals surface area contributed by atoms with Crippen molar-refractivity contribution in [2.75, 3.05) is 26.2 Å². The Kier molecular flexibility index (Phi) is 6.53. The van der Waals surface area contributed by atoms with Crippen LogP contribution in [-0.2, 0) is 0 Å². The molecule has 0 amide bonds. The Balaban J connectivity index is 1.91. The van der Waals surface area contributed by atoms with E-state index in [1.54, 1.807) is 0 Å². The summed E-state index contributed by atoms with van der Waals surface area (Å²) >= 11 is 3.69. The molecular formula is C17H27BrN2. The maximum Gasteiger partial charge on any atom is 0.0343 e. The monoisotopic (exact) mass is 338 g/mol. The van der Waals surface area contributed by atoms with Crippen LogP contribution < -0.4 is 5.32 Å². The van der Waals surface area contributed by atoms with Crippen LogP contribution in [0.4, 0.5) is 0 Å². The second-order valence-electron chi connectivity index (χ2n) is 5.94. The number of halogens is 1. The molecule has 1 aromatic carbocycles. The molecular weight excluding hydrogens is 312 g/mol. The molecule has 20 heavy (non-hydrogen) atoms. The lowest BCUT2D eigenvalue weighted by Gasteiger charge is -2.31. The molecule has 1 fully saturated rings. The van der Waals surface area contributed by atoms with Gasteiger partial charge in [0.1, 0.15) is 0 Å². The molecule has 0 saturated carbocycles. The predicted molar refractivity (Wildman–Crippen MR) is 90.0 cm³/mol. The van der Waals surface area contributed by atoms with Gasteiger partial charge in [0.2, 0.25) is 0 Å². The topological polar surface area (TPSA) is 15.3 Å². The van der Waals surface area contributed by atoms with E-state index in [1.807, 2.05) is 0 Å². The summed E-state index contributed by atoms with van der Waals surface area (Å²) in [5, 5.41) is 3.63. The van der Waals surface area contributed by atoms with Crippen molar-refractivity contribution in [1.82, 2.24) is 10.2 Å². The van der Waals surface area contributed by atoms with E-state index in [-0.39, 0.29) is 0 Å². The van der Waals surface area contributed by atoms with Crippen molar-refractivity contribution < 1.29 is 0 Å². The minimum atomic E-state index is 0.454. The smallest absolute Gasteiger partial charge is 0.0343 e. The fourth-order valence-electron chi connectivity index (χ4n) is 2.97. The Bertz CT molecular complexity index is 400. The number of nitrogens with zero attached hydrogens (tertiary/aromatic N) is 1. The highest BCUT2D eigenvalue weighted by Gasteiger charge is 2.18. The average molecular weight is 339 g/mol. The van der Waals surface area contributed by atoms with Gasteiger partial charge in [0.15, 0.2) is 0 Å². The first-order chi connectivity index (χ1) is 9.70. The van der Waals surface area contributed by atoms with Crippen molar-refractivity contribution in [2.24, 2.45) is 5.92 Å². The van der Waals surface area contributed by atoms with Crippen LogP contribution in [0.15, 0.2) is 28.7 Å². The third-order valence-corrected chi connectivity index (χ3v) is 5.06. The van der Waals surface area contributed by atoms with Gasteiger partial charge < -0.3 is 10.2 Å². The fourth-order valence-corrected chi connectivity index (χ4v) is 3.53. The molecule has 2 rings (SSSR count). The largest absolute Gasteiger partial charge is 0.310 e. The summed E-state index contributed by atoms with van der Waals surface area (Å²) in [5.74, 6) is 0.916. The first kappa shape index (κ1) is 16.0. The number of piperidine rings is 1. The highest BCUT2D eigenvalue weighted by atomic mass is 79.9. The Morgan fingerprint density at radius 3 is 2.65 bits per heavy atom. The molecule has 1 atom stereocenters. The second kappa shape index (κ2) is 8.16. The Morgan fingerprint density at radius 1 is 1.30 bits per heavy atom. The number of hydrogen-bond acceptors (Lipinski definition) is 2. The van der Waals surface area contributed by atoms with E-state index in [0.29, 0.717) is 6.04 Å². The van der Waals surface area contributed by atoms with E-state index < -0.39 is 0 Å². The van der Waals surface area contributed by atoms with Gasteiger partial charge in [-0.15, -0.1) is 0 Å². The summed E-state index contributed by atoms with van der Waals surface area (Å²) in [5.41, 5.74) is 1.39. The highest BCUT2D eigenvalue weighted by Crippen LogP contribution is 2.26. The van der Waals surface area contributed by atoms with Crippen LogP contribution in [0.25, 0.3) is 0 Å². The van der Waals surface area contributed by atoms with Gasteiger partial charge in [-0.05, 0) is 63.0 Å². The number of hydrogen-bond donors (Lipinski definition) is 1. The van der Waals surface area contributed by atoms with Crippen molar-refractivity contribution in [3.05, 3.63) is 34.3 Å². The minimum absolute atomic E-state index is 0.454. The lowest BCUT2D eigenvalue weighted by Crippen LogP contribution is -2.35. The van der Waals surface area contributed by atoms with Crippen molar-refractivity contribution in [3.63, 3.8) is 0 Å². The standard InChI is InChI=1S/C17H27BrN2/c1-3-19-17(15-6-4-5-7-16(15)18)10-13-20-11-8-14(2)9-12-20/h4-7,14,17,19H,3,8-13H2,1-2H3. The average Bonchev–Trinajstić information content (AvgIpc) is 2.46. The summed E-state index contributed by atoms with van der Waals surface area (Å²) in [6.07, 6.45) is 3.91. The molecule has 3 heteroatoms. The van der Waals surface area contributed by atoms with E-state index in [1.165, 1.54) is 48.9 Å². The van der Waals surface area contributed by atoms with Crippen molar-refractivity contribution in [3.8, 4) is 0 Å². The summed E-state index contributed by atoms with van der Waals surface area (Å²) in [6, 6.07) is 9.04. The van der Waals surface area contributed by atoms with E-state index in [4.69, 9.17) is 0 Å². The number of benzene rings is 1. The lowest BCUT2D eigenvalue weighted by atomic mass is 9.98. The van der Waals surface area contributed by atoms with Crippen LogP contribution in [0.3, 0.4) is 0 Å². The normalized spacial score (nSPS) is 19.1. The number of nitrogens with one attached hydrogen (secondary N) is 1. The molecule has 0 aromatic heterocycles. The molecule has 1 unspecified atom stereocenters.